The number of hydrogen-bond donors (Lipinski definition) is 3. The fourth-order valence-corrected chi connectivity index (χ4v) is 3.10. The van der Waals surface area contributed by atoms with Gasteiger partial charge in [0.2, 0.25) is 10.0 Å². The first kappa shape index (κ1) is 20.6. The van der Waals surface area contributed by atoms with Crippen molar-refractivity contribution in [3.63, 3.8) is 0 Å². The summed E-state index contributed by atoms with van der Waals surface area (Å²) in [5, 5.41) is 4.09. The molecular formula is C15H21N3O6S. The Morgan fingerprint density at radius 2 is 1.72 bits per heavy atom. The van der Waals surface area contributed by atoms with Crippen LogP contribution in [-0.2, 0) is 24.3 Å². The molecule has 0 saturated heterocycles. The number of carbonyl (C=O) groups excluding carboxylic acids is 3. The number of ether oxygens (including phenoxy) is 1. The van der Waals surface area contributed by atoms with Gasteiger partial charge in [0.25, 0.3) is 5.91 Å². The summed E-state index contributed by atoms with van der Waals surface area (Å²) in [6.07, 6.45) is 0. The Hall–Kier alpha value is -2.46. The van der Waals surface area contributed by atoms with Crippen LogP contribution in [0.5, 0.6) is 0 Å². The van der Waals surface area contributed by atoms with Crippen LogP contribution in [-0.4, -0.2) is 46.0 Å². The molecule has 0 aliphatic carbocycles. The van der Waals surface area contributed by atoms with Crippen LogP contribution >= 0.6 is 0 Å². The molecule has 10 heteroatoms. The van der Waals surface area contributed by atoms with Crippen molar-refractivity contribution in [1.29, 1.82) is 0 Å². The van der Waals surface area contributed by atoms with E-state index in [1.807, 2.05) is 5.32 Å². The van der Waals surface area contributed by atoms with Gasteiger partial charge in [-0.05, 0) is 18.1 Å². The van der Waals surface area contributed by atoms with Gasteiger partial charge in [0.15, 0.2) is 6.61 Å². The summed E-state index contributed by atoms with van der Waals surface area (Å²) in [6.45, 7) is 2.55. The van der Waals surface area contributed by atoms with Crippen LogP contribution in [0.3, 0.4) is 0 Å². The van der Waals surface area contributed by atoms with Crippen molar-refractivity contribution in [3.8, 4) is 0 Å². The van der Waals surface area contributed by atoms with Crippen molar-refractivity contribution in [3.05, 3.63) is 30.3 Å². The topological polar surface area (TPSA) is 131 Å². The second-order valence-electron chi connectivity index (χ2n) is 5.39. The first-order valence-electron chi connectivity index (χ1n) is 7.43. The second kappa shape index (κ2) is 9.14. The summed E-state index contributed by atoms with van der Waals surface area (Å²) in [6, 6.07) is 5.63. The lowest BCUT2D eigenvalue weighted by atomic mass is 10.1. The van der Waals surface area contributed by atoms with E-state index in [1.54, 1.807) is 32.0 Å². The number of urea groups is 1. The summed E-state index contributed by atoms with van der Waals surface area (Å²) in [7, 11) is -2.61. The Morgan fingerprint density at radius 1 is 1.12 bits per heavy atom. The quantitative estimate of drug-likeness (QED) is 0.578. The van der Waals surface area contributed by atoms with E-state index < -0.39 is 46.5 Å². The maximum absolute atomic E-state index is 12.3. The Labute approximate surface area is 146 Å². The molecule has 1 aromatic rings. The van der Waals surface area contributed by atoms with E-state index in [0.29, 0.717) is 0 Å². The van der Waals surface area contributed by atoms with E-state index in [-0.39, 0.29) is 4.90 Å². The van der Waals surface area contributed by atoms with Crippen LogP contribution in [0, 0.1) is 5.92 Å². The van der Waals surface area contributed by atoms with Gasteiger partial charge in [-0.1, -0.05) is 32.0 Å². The van der Waals surface area contributed by atoms with E-state index >= 15 is 0 Å². The lowest BCUT2D eigenvalue weighted by Crippen LogP contribution is -2.46. The first-order chi connectivity index (χ1) is 11.7. The zero-order chi connectivity index (χ0) is 19.0. The van der Waals surface area contributed by atoms with Crippen LogP contribution in [0.15, 0.2) is 35.2 Å². The van der Waals surface area contributed by atoms with Gasteiger partial charge in [0.05, 0.1) is 4.90 Å². The van der Waals surface area contributed by atoms with E-state index in [0.717, 1.165) is 0 Å². The number of esters is 1. The summed E-state index contributed by atoms with van der Waals surface area (Å²) >= 11 is 0. The molecule has 0 spiro atoms. The largest absolute Gasteiger partial charge is 0.454 e. The van der Waals surface area contributed by atoms with Gasteiger partial charge >= 0.3 is 12.0 Å². The molecule has 1 unspecified atom stereocenters. The molecule has 0 aliphatic rings. The number of amides is 3. The van der Waals surface area contributed by atoms with E-state index in [2.05, 4.69) is 10.0 Å². The van der Waals surface area contributed by atoms with Crippen LogP contribution in [0.1, 0.15) is 13.8 Å². The second-order valence-corrected chi connectivity index (χ2v) is 7.11. The van der Waals surface area contributed by atoms with Gasteiger partial charge in [0, 0.05) is 7.05 Å². The molecule has 3 amide bonds. The molecule has 0 saturated carbocycles. The molecule has 0 fully saturated rings. The summed E-state index contributed by atoms with van der Waals surface area (Å²) in [4.78, 5) is 34.5. The minimum atomic E-state index is -3.93. The van der Waals surface area contributed by atoms with Crippen molar-refractivity contribution in [2.75, 3.05) is 13.7 Å². The van der Waals surface area contributed by atoms with Crippen molar-refractivity contribution in [2.45, 2.75) is 24.8 Å². The standard InChI is InChI=1S/C15H21N3O6S/c1-10(2)13(14(20)24-9-12(19)17-15(21)16-3)18-25(22,23)11-7-5-4-6-8-11/h4-8,10,13,18H,9H2,1-3H3,(H2,16,17,19,21). The molecular weight excluding hydrogens is 350 g/mol. The van der Waals surface area contributed by atoms with Gasteiger partial charge in [-0.2, -0.15) is 4.72 Å². The lowest BCUT2D eigenvalue weighted by molar-refractivity contribution is -0.150. The molecule has 0 radical (unpaired) electrons. The van der Waals surface area contributed by atoms with Gasteiger partial charge in [-0.25, -0.2) is 13.2 Å². The maximum atomic E-state index is 12.3. The van der Waals surface area contributed by atoms with Gasteiger partial charge < -0.3 is 10.1 Å². The number of hydrogen-bond acceptors (Lipinski definition) is 6. The fraction of sp³-hybridized carbons (Fsp3) is 0.400. The first-order valence-corrected chi connectivity index (χ1v) is 8.91. The van der Waals surface area contributed by atoms with Gasteiger partial charge in [-0.15, -0.1) is 0 Å². The number of sulfonamides is 1. The van der Waals surface area contributed by atoms with Crippen molar-refractivity contribution in [1.82, 2.24) is 15.4 Å². The highest BCUT2D eigenvalue weighted by Gasteiger charge is 2.30. The number of imide groups is 1. The SMILES string of the molecule is CNC(=O)NC(=O)COC(=O)C(NS(=O)(=O)c1ccccc1)C(C)C. The molecule has 1 aromatic carbocycles. The summed E-state index contributed by atoms with van der Waals surface area (Å²) < 4.78 is 31.7. The third-order valence-electron chi connectivity index (χ3n) is 3.08. The average Bonchev–Trinajstić information content (AvgIpc) is 2.58. The third kappa shape index (κ3) is 6.51. The Balaban J connectivity index is 2.75. The molecule has 0 aliphatic heterocycles. The molecule has 1 rings (SSSR count). The van der Waals surface area contributed by atoms with Crippen LogP contribution in [0.4, 0.5) is 4.79 Å². The minimum absolute atomic E-state index is 0.00538. The van der Waals surface area contributed by atoms with Crippen molar-refractivity contribution >= 4 is 27.9 Å². The maximum Gasteiger partial charge on any atom is 0.324 e. The Bertz CT molecular complexity index is 718. The lowest BCUT2D eigenvalue weighted by Gasteiger charge is -2.20. The molecule has 0 bridgehead atoms. The zero-order valence-corrected chi connectivity index (χ0v) is 14.9. The molecule has 0 aromatic heterocycles. The number of nitrogens with one attached hydrogen (secondary N) is 3. The predicted octanol–water partition coefficient (Wildman–Crippen LogP) is -0.0117. The van der Waals surface area contributed by atoms with Gasteiger partial charge in [0.1, 0.15) is 6.04 Å². The van der Waals surface area contributed by atoms with Crippen molar-refractivity contribution in [2.24, 2.45) is 5.92 Å². The van der Waals surface area contributed by atoms with Crippen LogP contribution in [0.25, 0.3) is 0 Å². The van der Waals surface area contributed by atoms with Crippen LogP contribution in [0.2, 0.25) is 0 Å². The highest BCUT2D eigenvalue weighted by molar-refractivity contribution is 7.89. The monoisotopic (exact) mass is 371 g/mol. The van der Waals surface area contributed by atoms with E-state index in [9.17, 15) is 22.8 Å². The van der Waals surface area contributed by atoms with Crippen LogP contribution < -0.4 is 15.4 Å². The average molecular weight is 371 g/mol. The minimum Gasteiger partial charge on any atom is -0.454 e. The van der Waals surface area contributed by atoms with E-state index in [4.69, 9.17) is 4.74 Å². The summed E-state index contributed by atoms with van der Waals surface area (Å²) in [5.41, 5.74) is 0. The molecule has 1 atom stereocenters. The highest BCUT2D eigenvalue weighted by Crippen LogP contribution is 2.12. The predicted molar refractivity (Wildman–Crippen MR) is 88.9 cm³/mol. The molecule has 0 heterocycles. The number of rotatable bonds is 7. The molecule has 3 N–H and O–H groups in total. The van der Waals surface area contributed by atoms with Crippen molar-refractivity contribution < 1.29 is 27.5 Å². The smallest absolute Gasteiger partial charge is 0.324 e. The Kier molecular flexibility index (Phi) is 7.52. The number of carbonyl (C=O) groups is 3. The zero-order valence-electron chi connectivity index (χ0n) is 14.1. The Morgan fingerprint density at radius 3 is 2.24 bits per heavy atom. The molecule has 9 nitrogen and oxygen atoms in total. The third-order valence-corrected chi connectivity index (χ3v) is 4.54. The summed E-state index contributed by atoms with van der Waals surface area (Å²) in [5.74, 6) is -2.17. The molecule has 138 valence electrons. The van der Waals surface area contributed by atoms with E-state index in [1.165, 1.54) is 19.2 Å². The number of benzene rings is 1. The van der Waals surface area contributed by atoms with Gasteiger partial charge in [-0.3, -0.25) is 14.9 Å². The fourth-order valence-electron chi connectivity index (χ4n) is 1.74. The highest BCUT2D eigenvalue weighted by atomic mass is 32.2. The molecule has 25 heavy (non-hydrogen) atoms. The normalized spacial score (nSPS) is 12.3.